The number of ether oxygens (including phenoxy) is 1. The molecule has 1 aromatic carbocycles. The van der Waals surface area contributed by atoms with Gasteiger partial charge in [0, 0.05) is 10.9 Å². The van der Waals surface area contributed by atoms with Crippen LogP contribution in [0.25, 0.3) is 0 Å². The van der Waals surface area contributed by atoms with Crippen LogP contribution in [0.5, 0.6) is 5.75 Å². The molecule has 0 saturated heterocycles. The zero-order valence-corrected chi connectivity index (χ0v) is 9.67. The SMILES string of the molecule is COc1cc(CCC(=O)O)c(Br)cc1F. The molecule has 1 N–H and O–H groups in total. The Morgan fingerprint density at radius 3 is 2.80 bits per heavy atom. The van der Waals surface area contributed by atoms with Crippen LogP contribution in [0, 0.1) is 5.82 Å². The van der Waals surface area contributed by atoms with E-state index in [4.69, 9.17) is 9.84 Å². The van der Waals surface area contributed by atoms with E-state index in [0.29, 0.717) is 10.9 Å². The molecule has 3 nitrogen and oxygen atoms in total. The van der Waals surface area contributed by atoms with Crippen molar-refractivity contribution in [3.05, 3.63) is 28.0 Å². The van der Waals surface area contributed by atoms with Crippen molar-refractivity contribution in [3.8, 4) is 5.75 Å². The number of aliphatic carboxylic acids is 1. The molecule has 0 radical (unpaired) electrons. The van der Waals surface area contributed by atoms with Gasteiger partial charge in [-0.05, 0) is 24.1 Å². The minimum absolute atomic E-state index is 0.00733. The average Bonchev–Trinajstić information content (AvgIpc) is 2.16. The van der Waals surface area contributed by atoms with E-state index < -0.39 is 11.8 Å². The summed E-state index contributed by atoms with van der Waals surface area (Å²) >= 11 is 3.17. The van der Waals surface area contributed by atoms with Crippen LogP contribution in [-0.4, -0.2) is 18.2 Å². The molecule has 15 heavy (non-hydrogen) atoms. The average molecular weight is 277 g/mol. The van der Waals surface area contributed by atoms with Crippen LogP contribution in [0.4, 0.5) is 4.39 Å². The van der Waals surface area contributed by atoms with Crippen molar-refractivity contribution in [1.29, 1.82) is 0 Å². The minimum Gasteiger partial charge on any atom is -0.494 e. The summed E-state index contributed by atoms with van der Waals surface area (Å²) < 4.78 is 18.5. The van der Waals surface area contributed by atoms with Crippen molar-refractivity contribution < 1.29 is 19.0 Å². The number of hydrogen-bond acceptors (Lipinski definition) is 2. The molecule has 0 aliphatic rings. The lowest BCUT2D eigenvalue weighted by Gasteiger charge is -2.07. The summed E-state index contributed by atoms with van der Waals surface area (Å²) in [6.07, 6.45) is 0.347. The molecule has 82 valence electrons. The lowest BCUT2D eigenvalue weighted by Crippen LogP contribution is -1.99. The topological polar surface area (TPSA) is 46.5 Å². The summed E-state index contributed by atoms with van der Waals surface area (Å²) in [7, 11) is 1.37. The van der Waals surface area contributed by atoms with Crippen LogP contribution < -0.4 is 4.74 Å². The van der Waals surface area contributed by atoms with E-state index in [1.807, 2.05) is 0 Å². The maximum atomic E-state index is 13.2. The predicted octanol–water partition coefficient (Wildman–Crippen LogP) is 2.61. The highest BCUT2D eigenvalue weighted by molar-refractivity contribution is 9.10. The molecular weight excluding hydrogens is 267 g/mol. The molecule has 0 amide bonds. The number of carboxylic acids is 1. The van der Waals surface area contributed by atoms with E-state index in [-0.39, 0.29) is 12.2 Å². The largest absolute Gasteiger partial charge is 0.494 e. The zero-order valence-electron chi connectivity index (χ0n) is 8.09. The second-order valence-corrected chi connectivity index (χ2v) is 3.83. The van der Waals surface area contributed by atoms with E-state index in [0.717, 1.165) is 5.56 Å². The van der Waals surface area contributed by atoms with Crippen LogP contribution in [0.3, 0.4) is 0 Å². The van der Waals surface area contributed by atoms with Crippen LogP contribution in [0.15, 0.2) is 16.6 Å². The van der Waals surface area contributed by atoms with Crippen molar-refractivity contribution in [2.45, 2.75) is 12.8 Å². The summed E-state index contributed by atoms with van der Waals surface area (Å²) in [6, 6.07) is 2.78. The highest BCUT2D eigenvalue weighted by Crippen LogP contribution is 2.26. The van der Waals surface area contributed by atoms with Gasteiger partial charge in [0.2, 0.25) is 0 Å². The number of carbonyl (C=O) groups is 1. The number of halogens is 2. The maximum absolute atomic E-state index is 13.2. The summed E-state index contributed by atoms with van der Waals surface area (Å²) in [4.78, 5) is 10.4. The van der Waals surface area contributed by atoms with E-state index in [1.165, 1.54) is 19.2 Å². The zero-order chi connectivity index (χ0) is 11.4. The van der Waals surface area contributed by atoms with Crippen molar-refractivity contribution in [3.63, 3.8) is 0 Å². The van der Waals surface area contributed by atoms with Gasteiger partial charge in [-0.2, -0.15) is 0 Å². The molecule has 0 aromatic heterocycles. The van der Waals surface area contributed by atoms with Crippen molar-refractivity contribution in [2.75, 3.05) is 7.11 Å². The normalized spacial score (nSPS) is 10.1. The molecule has 1 aromatic rings. The van der Waals surface area contributed by atoms with Gasteiger partial charge < -0.3 is 9.84 Å². The van der Waals surface area contributed by atoms with Gasteiger partial charge in [0.25, 0.3) is 0 Å². The van der Waals surface area contributed by atoms with E-state index in [2.05, 4.69) is 15.9 Å². The Labute approximate surface area is 95.0 Å². The van der Waals surface area contributed by atoms with Gasteiger partial charge in [0.1, 0.15) is 0 Å². The van der Waals surface area contributed by atoms with Crippen LogP contribution in [0.1, 0.15) is 12.0 Å². The van der Waals surface area contributed by atoms with Crippen molar-refractivity contribution in [2.24, 2.45) is 0 Å². The fraction of sp³-hybridized carbons (Fsp3) is 0.300. The minimum atomic E-state index is -0.884. The van der Waals surface area contributed by atoms with Gasteiger partial charge in [0.15, 0.2) is 11.6 Å². The van der Waals surface area contributed by atoms with Crippen molar-refractivity contribution >= 4 is 21.9 Å². The first-order valence-corrected chi connectivity index (χ1v) is 5.07. The third-order valence-electron chi connectivity index (χ3n) is 1.93. The van der Waals surface area contributed by atoms with E-state index in [1.54, 1.807) is 0 Å². The third-order valence-corrected chi connectivity index (χ3v) is 2.67. The number of hydrogen-bond donors (Lipinski definition) is 1. The standard InChI is InChI=1S/C10H10BrFO3/c1-15-9-4-6(2-3-10(13)14)7(11)5-8(9)12/h4-5H,2-3H2,1H3,(H,13,14). The van der Waals surface area contributed by atoms with Gasteiger partial charge in [-0.25, -0.2) is 4.39 Å². The number of carboxylic acid groups (broad SMARTS) is 1. The maximum Gasteiger partial charge on any atom is 0.303 e. The lowest BCUT2D eigenvalue weighted by molar-refractivity contribution is -0.136. The van der Waals surface area contributed by atoms with Gasteiger partial charge in [0.05, 0.1) is 7.11 Å². The monoisotopic (exact) mass is 276 g/mol. The van der Waals surface area contributed by atoms with Gasteiger partial charge >= 0.3 is 5.97 Å². The highest BCUT2D eigenvalue weighted by Gasteiger charge is 2.09. The predicted molar refractivity (Wildman–Crippen MR) is 56.6 cm³/mol. The summed E-state index contributed by atoms with van der Waals surface area (Å²) in [5.74, 6) is -1.23. The van der Waals surface area contributed by atoms with Crippen molar-refractivity contribution in [1.82, 2.24) is 0 Å². The smallest absolute Gasteiger partial charge is 0.303 e. The highest BCUT2D eigenvalue weighted by atomic mass is 79.9. The molecule has 0 aliphatic heterocycles. The Bertz CT molecular complexity index is 379. The second-order valence-electron chi connectivity index (χ2n) is 2.97. The quantitative estimate of drug-likeness (QED) is 0.920. The first kappa shape index (κ1) is 12.0. The summed E-state index contributed by atoms with van der Waals surface area (Å²) in [5.41, 5.74) is 0.718. The first-order valence-electron chi connectivity index (χ1n) is 4.28. The third kappa shape index (κ3) is 3.20. The Hall–Kier alpha value is -1.10. The number of rotatable bonds is 4. The second kappa shape index (κ2) is 5.11. The van der Waals surface area contributed by atoms with Crippen LogP contribution in [-0.2, 0) is 11.2 Å². The van der Waals surface area contributed by atoms with E-state index in [9.17, 15) is 9.18 Å². The molecule has 0 fully saturated rings. The molecule has 0 spiro atoms. The first-order chi connectivity index (χ1) is 7.04. The van der Waals surface area contributed by atoms with Gasteiger partial charge in [-0.1, -0.05) is 15.9 Å². The van der Waals surface area contributed by atoms with Gasteiger partial charge in [-0.3, -0.25) is 4.79 Å². The number of methoxy groups -OCH3 is 1. The van der Waals surface area contributed by atoms with Gasteiger partial charge in [-0.15, -0.1) is 0 Å². The van der Waals surface area contributed by atoms with Crippen LogP contribution in [0.2, 0.25) is 0 Å². The molecule has 0 atom stereocenters. The molecule has 0 heterocycles. The summed E-state index contributed by atoms with van der Waals surface area (Å²) in [5, 5.41) is 8.53. The molecule has 0 unspecified atom stereocenters. The molecule has 0 aliphatic carbocycles. The number of benzene rings is 1. The Morgan fingerprint density at radius 2 is 2.27 bits per heavy atom. The Balaban J connectivity index is 2.92. The Kier molecular flexibility index (Phi) is 4.08. The fourth-order valence-corrected chi connectivity index (χ4v) is 1.67. The Morgan fingerprint density at radius 1 is 1.60 bits per heavy atom. The molecule has 5 heteroatoms. The summed E-state index contributed by atoms with van der Waals surface area (Å²) in [6.45, 7) is 0. The fourth-order valence-electron chi connectivity index (χ4n) is 1.16. The number of aryl methyl sites for hydroxylation is 1. The van der Waals surface area contributed by atoms with Crippen LogP contribution >= 0.6 is 15.9 Å². The van der Waals surface area contributed by atoms with E-state index >= 15 is 0 Å². The molecule has 1 rings (SSSR count). The molecule has 0 saturated carbocycles. The molecule has 0 bridgehead atoms. The lowest BCUT2D eigenvalue weighted by atomic mass is 10.1. The molecular formula is C10H10BrFO3.